The van der Waals surface area contributed by atoms with Crippen molar-refractivity contribution in [2.75, 3.05) is 5.32 Å². The molecule has 2 aromatic carbocycles. The largest absolute Gasteiger partial charge is 0.449 e. The maximum atomic E-state index is 12.8. The maximum Gasteiger partial charge on any atom is 0.449 e. The molecule has 0 unspecified atom stereocenters. The third-order valence-electron chi connectivity index (χ3n) is 3.74. The Labute approximate surface area is 135 Å². The Bertz CT molecular complexity index is 908. The van der Waals surface area contributed by atoms with Crippen LogP contribution in [0.15, 0.2) is 36.4 Å². The van der Waals surface area contributed by atoms with Gasteiger partial charge < -0.3 is 10.3 Å². The molecule has 0 fully saturated rings. The first kappa shape index (κ1) is 16.0. The molecule has 0 aliphatic carbocycles. The van der Waals surface area contributed by atoms with Crippen molar-refractivity contribution in [3.63, 3.8) is 0 Å². The monoisotopic (exact) mass is 333 g/mol. The molecule has 0 radical (unpaired) electrons. The number of aromatic nitrogens is 2. The Kier molecular flexibility index (Phi) is 3.79. The molecule has 1 aromatic heterocycles. The van der Waals surface area contributed by atoms with E-state index in [0.717, 1.165) is 11.1 Å². The van der Waals surface area contributed by atoms with E-state index in [1.807, 2.05) is 6.07 Å². The van der Waals surface area contributed by atoms with Crippen LogP contribution in [0.5, 0.6) is 0 Å². The maximum absolute atomic E-state index is 12.8. The van der Waals surface area contributed by atoms with Crippen molar-refractivity contribution in [1.29, 1.82) is 0 Å². The second-order valence-corrected chi connectivity index (χ2v) is 5.51. The van der Waals surface area contributed by atoms with Crippen molar-refractivity contribution in [1.82, 2.24) is 9.97 Å². The van der Waals surface area contributed by atoms with Gasteiger partial charge in [0.1, 0.15) is 5.52 Å². The van der Waals surface area contributed by atoms with Gasteiger partial charge in [-0.1, -0.05) is 24.3 Å². The minimum Gasteiger partial charge on any atom is -0.334 e. The number of H-pyrrole nitrogens is 1. The number of hydrogen-bond acceptors (Lipinski definition) is 2. The van der Waals surface area contributed by atoms with Gasteiger partial charge >= 0.3 is 6.18 Å². The summed E-state index contributed by atoms with van der Waals surface area (Å²) in [6, 6.07) is 10.0. The van der Waals surface area contributed by atoms with Crippen LogP contribution in [0, 0.1) is 13.8 Å². The number of fused-ring (bicyclic) bond motifs is 1. The fourth-order valence-corrected chi connectivity index (χ4v) is 2.62. The molecule has 0 saturated heterocycles. The minimum atomic E-state index is -4.58. The van der Waals surface area contributed by atoms with Gasteiger partial charge in [-0.25, -0.2) is 4.98 Å². The summed E-state index contributed by atoms with van der Waals surface area (Å²) in [6.45, 7) is 3.61. The van der Waals surface area contributed by atoms with E-state index in [-0.39, 0.29) is 22.6 Å². The van der Waals surface area contributed by atoms with Crippen molar-refractivity contribution in [3.8, 4) is 0 Å². The van der Waals surface area contributed by atoms with Gasteiger partial charge in [-0.2, -0.15) is 13.2 Å². The number of anilines is 1. The number of halogens is 3. The highest BCUT2D eigenvalue weighted by Crippen LogP contribution is 2.31. The highest BCUT2D eigenvalue weighted by Gasteiger charge is 2.35. The quantitative estimate of drug-likeness (QED) is 0.728. The predicted octanol–water partition coefficient (Wildman–Crippen LogP) is 4.45. The second-order valence-electron chi connectivity index (χ2n) is 5.51. The van der Waals surface area contributed by atoms with E-state index in [2.05, 4.69) is 15.3 Å². The number of aryl methyl sites for hydroxylation is 2. The first-order chi connectivity index (χ1) is 11.3. The molecule has 2 N–H and O–H groups in total. The second kappa shape index (κ2) is 5.67. The lowest BCUT2D eigenvalue weighted by atomic mass is 10.0. The van der Waals surface area contributed by atoms with Gasteiger partial charge in [0.2, 0.25) is 5.82 Å². The predicted molar refractivity (Wildman–Crippen MR) is 85.0 cm³/mol. The Morgan fingerprint density at radius 2 is 1.71 bits per heavy atom. The Balaban J connectivity index is 2.01. The number of para-hydroxylation sites is 1. The lowest BCUT2D eigenvalue weighted by Crippen LogP contribution is -2.15. The average molecular weight is 333 g/mol. The molecule has 4 nitrogen and oxygen atoms in total. The van der Waals surface area contributed by atoms with Gasteiger partial charge in [0.25, 0.3) is 5.91 Å². The molecule has 0 spiro atoms. The van der Waals surface area contributed by atoms with Crippen LogP contribution in [-0.2, 0) is 6.18 Å². The van der Waals surface area contributed by atoms with E-state index in [4.69, 9.17) is 0 Å². The number of carbonyl (C=O) groups excluding carboxylic acids is 1. The van der Waals surface area contributed by atoms with Crippen molar-refractivity contribution in [2.24, 2.45) is 0 Å². The Morgan fingerprint density at radius 1 is 1.08 bits per heavy atom. The zero-order chi connectivity index (χ0) is 17.5. The molecule has 1 amide bonds. The van der Waals surface area contributed by atoms with Crippen LogP contribution in [-0.4, -0.2) is 15.9 Å². The fraction of sp³-hybridized carbons (Fsp3) is 0.176. The molecular formula is C17H14F3N3O. The van der Waals surface area contributed by atoms with E-state index >= 15 is 0 Å². The standard InChI is InChI=1S/C17H14F3N3O/c1-9-5-3-6-10(2)13(9)15(24)21-11-7-4-8-12-14(11)23-16(22-12)17(18,19)20/h3-8H,1-2H3,(H,21,24)(H,22,23). The van der Waals surface area contributed by atoms with E-state index < -0.39 is 12.0 Å². The number of hydrogen-bond donors (Lipinski definition) is 2. The Morgan fingerprint density at radius 3 is 2.33 bits per heavy atom. The highest BCUT2D eigenvalue weighted by atomic mass is 19.4. The van der Waals surface area contributed by atoms with Crippen molar-refractivity contribution in [3.05, 3.63) is 58.9 Å². The number of carbonyl (C=O) groups is 1. The summed E-state index contributed by atoms with van der Waals surface area (Å²) in [7, 11) is 0. The Hall–Kier alpha value is -2.83. The topological polar surface area (TPSA) is 57.8 Å². The summed E-state index contributed by atoms with van der Waals surface area (Å²) >= 11 is 0. The molecule has 24 heavy (non-hydrogen) atoms. The number of aromatic amines is 1. The summed E-state index contributed by atoms with van der Waals surface area (Å²) in [6.07, 6.45) is -4.58. The number of benzene rings is 2. The van der Waals surface area contributed by atoms with Crippen LogP contribution in [0.25, 0.3) is 11.0 Å². The zero-order valence-electron chi connectivity index (χ0n) is 13.0. The smallest absolute Gasteiger partial charge is 0.334 e. The van der Waals surface area contributed by atoms with Gasteiger partial charge in [0.15, 0.2) is 0 Å². The third kappa shape index (κ3) is 2.84. The van der Waals surface area contributed by atoms with Gasteiger partial charge in [0, 0.05) is 5.56 Å². The number of amides is 1. The van der Waals surface area contributed by atoms with Crippen molar-refractivity contribution >= 4 is 22.6 Å². The summed E-state index contributed by atoms with van der Waals surface area (Å²) in [4.78, 5) is 18.3. The van der Waals surface area contributed by atoms with E-state index in [1.165, 1.54) is 12.1 Å². The van der Waals surface area contributed by atoms with Crippen LogP contribution in [0.1, 0.15) is 27.3 Å². The van der Waals surface area contributed by atoms with E-state index in [1.54, 1.807) is 32.0 Å². The minimum absolute atomic E-state index is 0.0735. The third-order valence-corrected chi connectivity index (χ3v) is 3.74. The SMILES string of the molecule is Cc1cccc(C)c1C(=O)Nc1cccc2[nH]c(C(F)(F)F)nc12. The van der Waals surface area contributed by atoms with Crippen LogP contribution >= 0.6 is 0 Å². The van der Waals surface area contributed by atoms with Gasteiger partial charge in [-0.3, -0.25) is 4.79 Å². The van der Waals surface area contributed by atoms with Crippen LogP contribution in [0.2, 0.25) is 0 Å². The normalized spacial score (nSPS) is 11.7. The number of alkyl halides is 3. The fourth-order valence-electron chi connectivity index (χ4n) is 2.62. The molecule has 3 rings (SSSR count). The van der Waals surface area contributed by atoms with Gasteiger partial charge in [-0.05, 0) is 37.1 Å². The summed E-state index contributed by atoms with van der Waals surface area (Å²) < 4.78 is 38.4. The molecule has 0 aliphatic heterocycles. The molecule has 3 aromatic rings. The number of nitrogens with one attached hydrogen (secondary N) is 2. The lowest BCUT2D eigenvalue weighted by Gasteiger charge is -2.10. The first-order valence-corrected chi connectivity index (χ1v) is 7.21. The number of imidazole rings is 1. The summed E-state index contributed by atoms with van der Waals surface area (Å²) in [5.74, 6) is -1.47. The van der Waals surface area contributed by atoms with Crippen LogP contribution in [0.3, 0.4) is 0 Å². The molecule has 124 valence electrons. The van der Waals surface area contributed by atoms with Gasteiger partial charge in [0.05, 0.1) is 11.2 Å². The lowest BCUT2D eigenvalue weighted by molar-refractivity contribution is -0.144. The van der Waals surface area contributed by atoms with Crippen LogP contribution in [0.4, 0.5) is 18.9 Å². The van der Waals surface area contributed by atoms with Gasteiger partial charge in [-0.15, -0.1) is 0 Å². The number of rotatable bonds is 2. The number of nitrogens with zero attached hydrogens (tertiary/aromatic N) is 1. The van der Waals surface area contributed by atoms with E-state index in [0.29, 0.717) is 5.56 Å². The molecule has 0 aliphatic rings. The molecule has 1 heterocycles. The van der Waals surface area contributed by atoms with Crippen LogP contribution < -0.4 is 5.32 Å². The summed E-state index contributed by atoms with van der Waals surface area (Å²) in [5, 5.41) is 2.66. The van der Waals surface area contributed by atoms with Crippen molar-refractivity contribution < 1.29 is 18.0 Å². The summed E-state index contributed by atoms with van der Waals surface area (Å²) in [5.41, 5.74) is 2.59. The van der Waals surface area contributed by atoms with Crippen molar-refractivity contribution in [2.45, 2.75) is 20.0 Å². The molecular weight excluding hydrogens is 319 g/mol. The highest BCUT2D eigenvalue weighted by molar-refractivity contribution is 6.09. The average Bonchev–Trinajstić information content (AvgIpc) is 2.92. The first-order valence-electron chi connectivity index (χ1n) is 7.21. The molecule has 0 saturated carbocycles. The molecule has 0 atom stereocenters. The van der Waals surface area contributed by atoms with E-state index in [9.17, 15) is 18.0 Å². The zero-order valence-corrected chi connectivity index (χ0v) is 13.0. The molecule has 0 bridgehead atoms. The molecule has 7 heteroatoms.